The molecule has 3 aromatic rings. The lowest BCUT2D eigenvalue weighted by Gasteiger charge is -2.29. The SMILES string of the molecule is CN1CCC(CNc2cncc(-c3ccc(/C=C4\C(=O)Nc5ccc(Cl)cc54)o3)n2)CC1. The summed E-state index contributed by atoms with van der Waals surface area (Å²) in [6.45, 7) is 3.16. The average molecular weight is 450 g/mol. The lowest BCUT2D eigenvalue weighted by atomic mass is 9.97. The van der Waals surface area contributed by atoms with E-state index in [4.69, 9.17) is 16.0 Å². The van der Waals surface area contributed by atoms with E-state index >= 15 is 0 Å². The Hall–Kier alpha value is -3.16. The van der Waals surface area contributed by atoms with Gasteiger partial charge in [0.15, 0.2) is 5.76 Å². The number of furan rings is 1. The van der Waals surface area contributed by atoms with Crippen molar-refractivity contribution in [2.24, 2.45) is 5.92 Å². The third-order valence-corrected chi connectivity index (χ3v) is 6.21. The molecule has 32 heavy (non-hydrogen) atoms. The predicted molar refractivity (Wildman–Crippen MR) is 126 cm³/mol. The molecule has 1 saturated heterocycles. The Morgan fingerprint density at radius 3 is 2.94 bits per heavy atom. The largest absolute Gasteiger partial charge is 0.455 e. The monoisotopic (exact) mass is 449 g/mol. The summed E-state index contributed by atoms with van der Waals surface area (Å²) in [5.74, 6) is 2.35. The number of anilines is 2. The van der Waals surface area contributed by atoms with Gasteiger partial charge in [0.05, 0.1) is 18.0 Å². The molecular weight excluding hydrogens is 426 g/mol. The minimum atomic E-state index is -0.180. The predicted octanol–water partition coefficient (Wildman–Crippen LogP) is 4.64. The van der Waals surface area contributed by atoms with Crippen LogP contribution in [-0.2, 0) is 4.79 Å². The van der Waals surface area contributed by atoms with E-state index in [-0.39, 0.29) is 5.91 Å². The number of fused-ring (bicyclic) bond motifs is 1. The molecule has 4 heterocycles. The van der Waals surface area contributed by atoms with Crippen molar-refractivity contribution in [1.82, 2.24) is 14.9 Å². The molecule has 0 unspecified atom stereocenters. The number of rotatable bonds is 5. The standard InChI is InChI=1S/C24H24ClN5O2/c1-30-8-6-15(7-9-30)12-27-23-14-26-13-21(28-23)22-5-3-17(32-22)11-19-18-10-16(25)2-4-20(18)29-24(19)31/h2-5,10-11,13-15H,6-9,12H2,1H3,(H,27,28)(H,29,31)/b19-11-. The molecule has 1 fully saturated rings. The smallest absolute Gasteiger partial charge is 0.256 e. The van der Waals surface area contributed by atoms with Gasteiger partial charge in [-0.15, -0.1) is 0 Å². The van der Waals surface area contributed by atoms with E-state index in [1.807, 2.05) is 12.1 Å². The highest BCUT2D eigenvalue weighted by atomic mass is 35.5. The summed E-state index contributed by atoms with van der Waals surface area (Å²) in [7, 11) is 2.17. The molecular formula is C24H24ClN5O2. The maximum Gasteiger partial charge on any atom is 0.256 e. The zero-order chi connectivity index (χ0) is 22.1. The lowest BCUT2D eigenvalue weighted by Crippen LogP contribution is -2.33. The average Bonchev–Trinajstić information content (AvgIpc) is 3.39. The zero-order valence-electron chi connectivity index (χ0n) is 17.8. The summed E-state index contributed by atoms with van der Waals surface area (Å²) >= 11 is 6.11. The van der Waals surface area contributed by atoms with Gasteiger partial charge in [-0.05, 0) is 75.3 Å². The fourth-order valence-corrected chi connectivity index (χ4v) is 4.27. The van der Waals surface area contributed by atoms with Gasteiger partial charge in [0.1, 0.15) is 17.3 Å². The van der Waals surface area contributed by atoms with Crippen molar-refractivity contribution in [3.63, 3.8) is 0 Å². The van der Waals surface area contributed by atoms with Crippen molar-refractivity contribution in [2.75, 3.05) is 37.3 Å². The highest BCUT2D eigenvalue weighted by molar-refractivity contribution is 6.36. The van der Waals surface area contributed by atoms with Gasteiger partial charge in [-0.3, -0.25) is 9.78 Å². The number of nitrogens with one attached hydrogen (secondary N) is 2. The molecule has 0 aliphatic carbocycles. The Bertz CT molecular complexity index is 1180. The Morgan fingerprint density at radius 2 is 2.09 bits per heavy atom. The van der Waals surface area contributed by atoms with E-state index in [0.717, 1.165) is 36.7 Å². The van der Waals surface area contributed by atoms with E-state index in [1.165, 1.54) is 12.8 Å². The van der Waals surface area contributed by atoms with Crippen LogP contribution in [0.2, 0.25) is 5.02 Å². The topological polar surface area (TPSA) is 83.3 Å². The minimum absolute atomic E-state index is 0.180. The molecule has 2 aromatic heterocycles. The second-order valence-corrected chi connectivity index (χ2v) is 8.76. The van der Waals surface area contributed by atoms with Gasteiger partial charge >= 0.3 is 0 Å². The van der Waals surface area contributed by atoms with Gasteiger partial charge < -0.3 is 20.0 Å². The van der Waals surface area contributed by atoms with Gasteiger partial charge in [0.2, 0.25) is 0 Å². The number of amides is 1. The fourth-order valence-electron chi connectivity index (χ4n) is 4.10. The van der Waals surface area contributed by atoms with Gasteiger partial charge in [-0.2, -0.15) is 0 Å². The number of hydrogen-bond donors (Lipinski definition) is 2. The number of nitrogens with zero attached hydrogens (tertiary/aromatic N) is 3. The third kappa shape index (κ3) is 4.40. The molecule has 7 nitrogen and oxygen atoms in total. The van der Waals surface area contributed by atoms with Crippen LogP contribution in [0.3, 0.4) is 0 Å². The second kappa shape index (κ2) is 8.76. The summed E-state index contributed by atoms with van der Waals surface area (Å²) in [6, 6.07) is 8.97. The van der Waals surface area contributed by atoms with Crippen LogP contribution in [0.1, 0.15) is 24.2 Å². The molecule has 164 valence electrons. The molecule has 0 spiro atoms. The quantitative estimate of drug-likeness (QED) is 0.552. The summed E-state index contributed by atoms with van der Waals surface area (Å²) in [5.41, 5.74) is 2.66. The van der Waals surface area contributed by atoms with E-state index in [0.29, 0.717) is 33.7 Å². The van der Waals surface area contributed by atoms with Crippen LogP contribution in [-0.4, -0.2) is 47.5 Å². The minimum Gasteiger partial charge on any atom is -0.455 e. The Labute approximate surface area is 191 Å². The van der Waals surface area contributed by atoms with Crippen molar-refractivity contribution >= 4 is 40.7 Å². The number of benzene rings is 1. The van der Waals surface area contributed by atoms with Crippen molar-refractivity contribution < 1.29 is 9.21 Å². The van der Waals surface area contributed by atoms with Gasteiger partial charge in [0.25, 0.3) is 5.91 Å². The maximum atomic E-state index is 12.4. The molecule has 0 saturated carbocycles. The number of carbonyl (C=O) groups excluding carboxylic acids is 1. The van der Waals surface area contributed by atoms with E-state index in [1.54, 1.807) is 36.7 Å². The van der Waals surface area contributed by atoms with Crippen molar-refractivity contribution in [3.05, 3.63) is 59.1 Å². The van der Waals surface area contributed by atoms with Crippen LogP contribution in [0.15, 0.2) is 47.1 Å². The third-order valence-electron chi connectivity index (χ3n) is 5.97. The molecule has 2 aliphatic heterocycles. The Kier molecular flexibility index (Phi) is 5.68. The highest BCUT2D eigenvalue weighted by Crippen LogP contribution is 2.35. The zero-order valence-corrected chi connectivity index (χ0v) is 18.5. The first kappa shape index (κ1) is 20.7. The van der Waals surface area contributed by atoms with Crippen molar-refractivity contribution in [3.8, 4) is 11.5 Å². The van der Waals surface area contributed by atoms with Crippen LogP contribution in [0.4, 0.5) is 11.5 Å². The molecule has 5 rings (SSSR count). The molecule has 1 amide bonds. The van der Waals surface area contributed by atoms with Crippen LogP contribution in [0, 0.1) is 5.92 Å². The van der Waals surface area contributed by atoms with Crippen LogP contribution in [0.25, 0.3) is 23.1 Å². The highest BCUT2D eigenvalue weighted by Gasteiger charge is 2.25. The molecule has 0 bridgehead atoms. The summed E-state index contributed by atoms with van der Waals surface area (Å²) in [5, 5.41) is 6.83. The van der Waals surface area contributed by atoms with Gasteiger partial charge in [-0.25, -0.2) is 4.98 Å². The molecule has 2 N–H and O–H groups in total. The maximum absolute atomic E-state index is 12.4. The van der Waals surface area contributed by atoms with Crippen LogP contribution in [0.5, 0.6) is 0 Å². The number of carbonyl (C=O) groups is 1. The molecule has 0 radical (unpaired) electrons. The Balaban J connectivity index is 1.31. The van der Waals surface area contributed by atoms with Crippen LogP contribution < -0.4 is 10.6 Å². The molecule has 1 aromatic carbocycles. The van der Waals surface area contributed by atoms with Gasteiger partial charge in [0, 0.05) is 22.8 Å². The summed E-state index contributed by atoms with van der Waals surface area (Å²) in [6.07, 6.45) is 7.50. The molecule has 2 aliphatic rings. The first-order valence-electron chi connectivity index (χ1n) is 10.7. The number of likely N-dealkylation sites (tertiary alicyclic amines) is 1. The number of piperidine rings is 1. The van der Waals surface area contributed by atoms with Gasteiger partial charge in [-0.1, -0.05) is 11.6 Å². The molecule has 0 atom stereocenters. The summed E-state index contributed by atoms with van der Waals surface area (Å²) < 4.78 is 5.96. The second-order valence-electron chi connectivity index (χ2n) is 8.32. The number of hydrogen-bond acceptors (Lipinski definition) is 6. The normalized spacial score (nSPS) is 18.1. The van der Waals surface area contributed by atoms with E-state index < -0.39 is 0 Å². The molecule has 8 heteroatoms. The van der Waals surface area contributed by atoms with E-state index in [2.05, 4.69) is 32.5 Å². The number of halogens is 1. The number of aromatic nitrogens is 2. The lowest BCUT2D eigenvalue weighted by molar-refractivity contribution is -0.110. The first-order chi connectivity index (χ1) is 15.5. The Morgan fingerprint density at radius 1 is 1.25 bits per heavy atom. The first-order valence-corrected chi connectivity index (χ1v) is 11.1. The van der Waals surface area contributed by atoms with E-state index in [9.17, 15) is 4.79 Å². The summed E-state index contributed by atoms with van der Waals surface area (Å²) in [4.78, 5) is 23.7. The fraction of sp³-hybridized carbons (Fsp3) is 0.292. The van der Waals surface area contributed by atoms with Crippen molar-refractivity contribution in [1.29, 1.82) is 0 Å². The van der Waals surface area contributed by atoms with Crippen LogP contribution >= 0.6 is 11.6 Å². The van der Waals surface area contributed by atoms with Crippen molar-refractivity contribution in [2.45, 2.75) is 12.8 Å².